The van der Waals surface area contributed by atoms with Gasteiger partial charge >= 0.3 is 0 Å². The van der Waals surface area contributed by atoms with Crippen LogP contribution in [0.3, 0.4) is 0 Å². The molecule has 2 amide bonds. The van der Waals surface area contributed by atoms with Gasteiger partial charge in [0.2, 0.25) is 17.8 Å². The van der Waals surface area contributed by atoms with Gasteiger partial charge in [-0.25, -0.2) is 9.97 Å². The molecule has 1 saturated carbocycles. The molecule has 0 radical (unpaired) electrons. The minimum absolute atomic E-state index is 0.0269. The molecule has 1 aromatic rings. The van der Waals surface area contributed by atoms with E-state index in [9.17, 15) is 9.59 Å². The Morgan fingerprint density at radius 3 is 2.50 bits per heavy atom. The number of nitrogens with one attached hydrogen (secondary N) is 1. The summed E-state index contributed by atoms with van der Waals surface area (Å²) in [6.07, 6.45) is 5.04. The summed E-state index contributed by atoms with van der Waals surface area (Å²) in [5.41, 5.74) is 0. The lowest BCUT2D eigenvalue weighted by Gasteiger charge is -2.34. The van der Waals surface area contributed by atoms with Gasteiger partial charge in [0.05, 0.1) is 11.8 Å². The Labute approximate surface area is 142 Å². The molecular weight excluding hydrogens is 306 g/mol. The standard InChI is InChI=1S/C17H25N5O2/c1-3-12(2)20-15(23)13-11-14(13)16(24)21-7-9-22(10-8-21)17-18-5-4-6-19-17/h4-6,12-14H,3,7-11H2,1-2H3,(H,20,23). The molecule has 3 unspecified atom stereocenters. The number of anilines is 1. The fraction of sp³-hybridized carbons (Fsp3) is 0.647. The van der Waals surface area contributed by atoms with Crippen molar-refractivity contribution >= 4 is 17.8 Å². The maximum absolute atomic E-state index is 12.6. The van der Waals surface area contributed by atoms with Crippen molar-refractivity contribution in [1.29, 1.82) is 0 Å². The van der Waals surface area contributed by atoms with E-state index in [-0.39, 0.29) is 29.7 Å². The average Bonchev–Trinajstić information content (AvgIpc) is 3.43. The molecule has 1 saturated heterocycles. The fourth-order valence-corrected chi connectivity index (χ4v) is 3.03. The van der Waals surface area contributed by atoms with E-state index in [0.29, 0.717) is 25.5 Å². The predicted octanol–water partition coefficient (Wildman–Crippen LogP) is 0.676. The van der Waals surface area contributed by atoms with Crippen LogP contribution in [0.4, 0.5) is 5.95 Å². The fourth-order valence-electron chi connectivity index (χ4n) is 3.03. The molecule has 1 aromatic heterocycles. The van der Waals surface area contributed by atoms with Gasteiger partial charge < -0.3 is 15.1 Å². The van der Waals surface area contributed by atoms with Crippen LogP contribution in [0.1, 0.15) is 26.7 Å². The van der Waals surface area contributed by atoms with Crippen molar-refractivity contribution in [3.05, 3.63) is 18.5 Å². The first-order valence-corrected chi connectivity index (χ1v) is 8.71. The summed E-state index contributed by atoms with van der Waals surface area (Å²) in [7, 11) is 0. The van der Waals surface area contributed by atoms with Gasteiger partial charge in [-0.1, -0.05) is 6.92 Å². The summed E-state index contributed by atoms with van der Waals surface area (Å²) < 4.78 is 0. The van der Waals surface area contributed by atoms with Gasteiger partial charge in [0, 0.05) is 44.6 Å². The highest BCUT2D eigenvalue weighted by molar-refractivity contribution is 5.92. The van der Waals surface area contributed by atoms with E-state index in [1.54, 1.807) is 18.5 Å². The number of hydrogen-bond acceptors (Lipinski definition) is 5. The summed E-state index contributed by atoms with van der Waals surface area (Å²) in [4.78, 5) is 37.1. The Hall–Kier alpha value is -2.18. The summed E-state index contributed by atoms with van der Waals surface area (Å²) in [6.45, 7) is 6.80. The van der Waals surface area contributed by atoms with Crippen molar-refractivity contribution < 1.29 is 9.59 Å². The van der Waals surface area contributed by atoms with Gasteiger partial charge in [-0.2, -0.15) is 0 Å². The molecule has 1 N–H and O–H groups in total. The third-order valence-electron chi connectivity index (χ3n) is 4.87. The molecule has 0 bridgehead atoms. The maximum atomic E-state index is 12.6. The zero-order chi connectivity index (χ0) is 17.1. The second kappa shape index (κ2) is 7.15. The smallest absolute Gasteiger partial charge is 0.226 e. The van der Waals surface area contributed by atoms with Crippen molar-refractivity contribution in [1.82, 2.24) is 20.2 Å². The minimum Gasteiger partial charge on any atom is -0.353 e. The normalized spacial score (nSPS) is 24.4. The monoisotopic (exact) mass is 331 g/mol. The number of nitrogens with zero attached hydrogens (tertiary/aromatic N) is 4. The molecule has 130 valence electrons. The SMILES string of the molecule is CCC(C)NC(=O)C1CC1C(=O)N1CCN(c2ncccn2)CC1. The van der Waals surface area contributed by atoms with Crippen LogP contribution in [-0.2, 0) is 9.59 Å². The topological polar surface area (TPSA) is 78.4 Å². The molecule has 3 atom stereocenters. The Morgan fingerprint density at radius 1 is 1.21 bits per heavy atom. The first-order valence-electron chi connectivity index (χ1n) is 8.71. The predicted molar refractivity (Wildman–Crippen MR) is 90.3 cm³/mol. The maximum Gasteiger partial charge on any atom is 0.226 e. The van der Waals surface area contributed by atoms with Crippen LogP contribution in [0, 0.1) is 11.8 Å². The summed E-state index contributed by atoms with van der Waals surface area (Å²) >= 11 is 0. The summed E-state index contributed by atoms with van der Waals surface area (Å²) in [5, 5.41) is 2.97. The lowest BCUT2D eigenvalue weighted by Crippen LogP contribution is -2.50. The molecule has 1 aliphatic heterocycles. The first kappa shape index (κ1) is 16.7. The van der Waals surface area contributed by atoms with Gasteiger partial charge in [-0.3, -0.25) is 9.59 Å². The number of amides is 2. The molecule has 2 fully saturated rings. The van der Waals surface area contributed by atoms with Crippen LogP contribution in [0.25, 0.3) is 0 Å². The molecule has 2 heterocycles. The molecule has 24 heavy (non-hydrogen) atoms. The second-order valence-electron chi connectivity index (χ2n) is 6.63. The van der Waals surface area contributed by atoms with Gasteiger partial charge in [-0.05, 0) is 25.8 Å². The number of carbonyl (C=O) groups is 2. The van der Waals surface area contributed by atoms with Crippen molar-refractivity contribution in [2.45, 2.75) is 32.7 Å². The first-order chi connectivity index (χ1) is 11.6. The van der Waals surface area contributed by atoms with Gasteiger partial charge in [0.15, 0.2) is 0 Å². The highest BCUT2D eigenvalue weighted by Gasteiger charge is 2.49. The number of piperazine rings is 1. The Balaban J connectivity index is 1.47. The zero-order valence-electron chi connectivity index (χ0n) is 14.3. The highest BCUT2D eigenvalue weighted by Crippen LogP contribution is 2.40. The summed E-state index contributed by atoms with van der Waals surface area (Å²) in [5.74, 6) is 0.587. The quantitative estimate of drug-likeness (QED) is 0.858. The number of rotatable bonds is 5. The molecule has 0 spiro atoms. The molecule has 1 aliphatic carbocycles. The summed E-state index contributed by atoms with van der Waals surface area (Å²) in [6, 6.07) is 1.96. The molecule has 0 aromatic carbocycles. The molecule has 3 rings (SSSR count). The van der Waals surface area contributed by atoms with Crippen molar-refractivity contribution in [3.8, 4) is 0 Å². The molecular formula is C17H25N5O2. The number of carbonyl (C=O) groups excluding carboxylic acids is 2. The molecule has 2 aliphatic rings. The van der Waals surface area contributed by atoms with Crippen molar-refractivity contribution in [2.75, 3.05) is 31.1 Å². The average molecular weight is 331 g/mol. The molecule has 7 nitrogen and oxygen atoms in total. The van der Waals surface area contributed by atoms with E-state index in [0.717, 1.165) is 19.5 Å². The van der Waals surface area contributed by atoms with E-state index in [4.69, 9.17) is 0 Å². The second-order valence-corrected chi connectivity index (χ2v) is 6.63. The van der Waals surface area contributed by atoms with E-state index in [2.05, 4.69) is 20.2 Å². The lowest BCUT2D eigenvalue weighted by molar-refractivity contribution is -0.135. The van der Waals surface area contributed by atoms with Crippen molar-refractivity contribution in [2.24, 2.45) is 11.8 Å². The van der Waals surface area contributed by atoms with Gasteiger partial charge in [0.25, 0.3) is 0 Å². The Kier molecular flexibility index (Phi) is 4.97. The van der Waals surface area contributed by atoms with E-state index in [1.165, 1.54) is 0 Å². The lowest BCUT2D eigenvalue weighted by atomic mass is 10.2. The van der Waals surface area contributed by atoms with Crippen LogP contribution in [0.5, 0.6) is 0 Å². The van der Waals surface area contributed by atoms with Crippen LogP contribution in [-0.4, -0.2) is 58.9 Å². The van der Waals surface area contributed by atoms with Gasteiger partial charge in [-0.15, -0.1) is 0 Å². The van der Waals surface area contributed by atoms with Crippen LogP contribution >= 0.6 is 0 Å². The van der Waals surface area contributed by atoms with Crippen LogP contribution < -0.4 is 10.2 Å². The number of hydrogen-bond donors (Lipinski definition) is 1. The van der Waals surface area contributed by atoms with E-state index < -0.39 is 0 Å². The zero-order valence-corrected chi connectivity index (χ0v) is 14.3. The molecule has 7 heteroatoms. The highest BCUT2D eigenvalue weighted by atomic mass is 16.2. The Morgan fingerprint density at radius 2 is 1.88 bits per heavy atom. The largest absolute Gasteiger partial charge is 0.353 e. The van der Waals surface area contributed by atoms with Crippen molar-refractivity contribution in [3.63, 3.8) is 0 Å². The number of aromatic nitrogens is 2. The van der Waals surface area contributed by atoms with E-state index in [1.807, 2.05) is 18.7 Å². The van der Waals surface area contributed by atoms with Crippen LogP contribution in [0.15, 0.2) is 18.5 Å². The van der Waals surface area contributed by atoms with E-state index >= 15 is 0 Å². The Bertz CT molecular complexity index is 586. The van der Waals surface area contributed by atoms with Crippen LogP contribution in [0.2, 0.25) is 0 Å². The van der Waals surface area contributed by atoms with Gasteiger partial charge in [0.1, 0.15) is 0 Å². The third kappa shape index (κ3) is 3.66. The minimum atomic E-state index is -0.137. The third-order valence-corrected chi connectivity index (χ3v) is 4.87.